The Morgan fingerprint density at radius 1 is 1.20 bits per heavy atom. The van der Waals surface area contributed by atoms with Crippen molar-refractivity contribution in [3.63, 3.8) is 0 Å². The largest absolute Gasteiger partial charge is 0.872 e. The third-order valence-electron chi connectivity index (χ3n) is 2.17. The number of carbonyl (C=O) groups is 1. The van der Waals surface area contributed by atoms with Gasteiger partial charge in [0.15, 0.2) is 0 Å². The molecule has 3 N–H and O–H groups in total. The number of hydrogen-bond donors (Lipinski definition) is 2. The molecule has 1 aromatic rings. The number of hydrogen-bond acceptors (Lipinski definition) is 2. The summed E-state index contributed by atoms with van der Waals surface area (Å²) in [6.07, 6.45) is 2.89. The van der Waals surface area contributed by atoms with E-state index < -0.39 is 5.97 Å². The van der Waals surface area contributed by atoms with Gasteiger partial charge in [-0.05, 0) is 12.1 Å². The van der Waals surface area contributed by atoms with E-state index in [1.807, 2.05) is 0 Å². The molecule has 4 heteroatoms. The number of quaternary nitrogens is 1. The second-order valence-corrected chi connectivity index (χ2v) is 3.40. The Kier molecular flexibility index (Phi) is 4.63. The van der Waals surface area contributed by atoms with Crippen LogP contribution >= 0.6 is 0 Å². The van der Waals surface area contributed by atoms with E-state index >= 15 is 0 Å². The van der Waals surface area contributed by atoms with E-state index in [1.54, 1.807) is 0 Å². The number of nitrogens with two attached hydrogens (primary N) is 1. The van der Waals surface area contributed by atoms with Crippen molar-refractivity contribution in [3.05, 3.63) is 29.8 Å². The van der Waals surface area contributed by atoms with Gasteiger partial charge in [0, 0.05) is 12.8 Å². The molecule has 82 valence electrons. The molecule has 0 spiro atoms. The van der Waals surface area contributed by atoms with E-state index in [4.69, 9.17) is 5.11 Å². The molecule has 0 saturated carbocycles. The van der Waals surface area contributed by atoms with Gasteiger partial charge in [-0.3, -0.25) is 0 Å². The quantitative estimate of drug-likeness (QED) is 0.672. The molecular formula is C11H15NO3. The first-order valence-electron chi connectivity index (χ1n) is 5.02. The van der Waals surface area contributed by atoms with Gasteiger partial charge in [-0.2, -0.15) is 0 Å². The third-order valence-corrected chi connectivity index (χ3v) is 2.17. The van der Waals surface area contributed by atoms with E-state index in [-0.39, 0.29) is 11.3 Å². The molecule has 1 aliphatic heterocycles. The highest BCUT2D eigenvalue weighted by molar-refractivity contribution is 5.87. The molecule has 1 heterocycles. The lowest BCUT2D eigenvalue weighted by Gasteiger charge is -2.02. The van der Waals surface area contributed by atoms with Gasteiger partial charge >= 0.3 is 5.97 Å². The van der Waals surface area contributed by atoms with Crippen LogP contribution in [0.15, 0.2) is 24.3 Å². The molecule has 15 heavy (non-hydrogen) atoms. The van der Waals surface area contributed by atoms with E-state index in [0.717, 1.165) is 0 Å². The van der Waals surface area contributed by atoms with Crippen molar-refractivity contribution in [1.29, 1.82) is 0 Å². The van der Waals surface area contributed by atoms with Crippen molar-refractivity contribution >= 4 is 5.97 Å². The minimum Gasteiger partial charge on any atom is -0.872 e. The molecule has 0 radical (unpaired) electrons. The lowest BCUT2D eigenvalue weighted by atomic mass is 10.2. The molecular weight excluding hydrogens is 194 g/mol. The van der Waals surface area contributed by atoms with Crippen LogP contribution in [-0.2, 0) is 0 Å². The Morgan fingerprint density at radius 2 is 1.73 bits per heavy atom. The lowest BCUT2D eigenvalue weighted by molar-refractivity contribution is -0.635. The third kappa shape index (κ3) is 4.46. The summed E-state index contributed by atoms with van der Waals surface area (Å²) in [7, 11) is 0. The predicted molar refractivity (Wildman–Crippen MR) is 53.7 cm³/mol. The summed E-state index contributed by atoms with van der Waals surface area (Å²) in [6, 6.07) is 5.02. The van der Waals surface area contributed by atoms with E-state index in [9.17, 15) is 9.90 Å². The zero-order valence-corrected chi connectivity index (χ0v) is 8.48. The van der Waals surface area contributed by atoms with Crippen LogP contribution in [0.1, 0.15) is 23.2 Å². The van der Waals surface area contributed by atoms with Gasteiger partial charge in [-0.1, -0.05) is 12.1 Å². The fourth-order valence-corrected chi connectivity index (χ4v) is 1.32. The highest BCUT2D eigenvalue weighted by atomic mass is 16.4. The first kappa shape index (κ1) is 11.5. The molecule has 0 aromatic heterocycles. The Bertz CT molecular complexity index is 297. The minimum atomic E-state index is -1.01. The second-order valence-electron chi connectivity index (χ2n) is 3.40. The van der Waals surface area contributed by atoms with Crippen molar-refractivity contribution in [1.82, 2.24) is 0 Å². The summed E-state index contributed by atoms with van der Waals surface area (Å²) in [6.45, 7) is 2.75. The predicted octanol–water partition coefficient (Wildman–Crippen LogP) is -0.198. The Labute approximate surface area is 88.6 Å². The summed E-state index contributed by atoms with van der Waals surface area (Å²) in [5.74, 6) is -1.19. The summed E-state index contributed by atoms with van der Waals surface area (Å²) >= 11 is 0. The van der Waals surface area contributed by atoms with Crippen LogP contribution in [0.2, 0.25) is 0 Å². The maximum absolute atomic E-state index is 10.5. The Morgan fingerprint density at radius 3 is 2.07 bits per heavy atom. The molecule has 0 atom stereocenters. The summed E-state index contributed by atoms with van der Waals surface area (Å²) in [4.78, 5) is 10.2. The van der Waals surface area contributed by atoms with Crippen LogP contribution in [0.3, 0.4) is 0 Å². The zero-order valence-electron chi connectivity index (χ0n) is 8.48. The van der Waals surface area contributed by atoms with Crippen LogP contribution in [-0.4, -0.2) is 24.2 Å². The van der Waals surface area contributed by atoms with Crippen LogP contribution in [0, 0.1) is 0 Å². The molecule has 2 rings (SSSR count). The van der Waals surface area contributed by atoms with Crippen LogP contribution in [0.25, 0.3) is 0 Å². The SMILES string of the molecule is C1CC[NH2+]C1.O=C(O)c1ccc([O-])cc1. The lowest BCUT2D eigenvalue weighted by Crippen LogP contribution is -2.80. The van der Waals surface area contributed by atoms with Crippen molar-refractivity contribution < 1.29 is 20.3 Å². The molecule has 1 aliphatic rings. The van der Waals surface area contributed by atoms with Gasteiger partial charge in [0.1, 0.15) is 0 Å². The molecule has 0 aliphatic carbocycles. The van der Waals surface area contributed by atoms with Gasteiger partial charge in [0.25, 0.3) is 0 Å². The first-order valence-corrected chi connectivity index (χ1v) is 5.02. The maximum Gasteiger partial charge on any atom is 0.335 e. The topological polar surface area (TPSA) is 77.0 Å². The van der Waals surface area contributed by atoms with Crippen molar-refractivity contribution in [2.45, 2.75) is 12.8 Å². The normalized spacial score (nSPS) is 14.1. The fraction of sp³-hybridized carbons (Fsp3) is 0.364. The number of benzene rings is 1. The van der Waals surface area contributed by atoms with E-state index in [0.29, 0.717) is 0 Å². The van der Waals surface area contributed by atoms with Crippen molar-refractivity contribution in [2.75, 3.05) is 13.1 Å². The number of carboxylic acids is 1. The smallest absolute Gasteiger partial charge is 0.335 e. The molecule has 1 saturated heterocycles. The number of rotatable bonds is 1. The fourth-order valence-electron chi connectivity index (χ4n) is 1.32. The number of aromatic carboxylic acids is 1. The van der Waals surface area contributed by atoms with Crippen LogP contribution in [0.5, 0.6) is 5.75 Å². The molecule has 4 nitrogen and oxygen atoms in total. The Hall–Kier alpha value is -1.55. The van der Waals surface area contributed by atoms with E-state index in [2.05, 4.69) is 5.32 Å². The van der Waals surface area contributed by atoms with Crippen molar-refractivity contribution in [3.8, 4) is 5.75 Å². The van der Waals surface area contributed by atoms with Gasteiger partial charge in [0.05, 0.1) is 18.7 Å². The molecule has 0 amide bonds. The average molecular weight is 209 g/mol. The average Bonchev–Trinajstić information content (AvgIpc) is 2.76. The van der Waals surface area contributed by atoms with Gasteiger partial charge in [-0.15, -0.1) is 5.75 Å². The molecule has 0 bridgehead atoms. The summed E-state index contributed by atoms with van der Waals surface area (Å²) < 4.78 is 0. The number of carboxylic acid groups (broad SMARTS) is 1. The highest BCUT2D eigenvalue weighted by Crippen LogP contribution is 2.05. The molecule has 0 unspecified atom stereocenters. The van der Waals surface area contributed by atoms with Crippen LogP contribution in [0.4, 0.5) is 0 Å². The van der Waals surface area contributed by atoms with Crippen molar-refractivity contribution in [2.24, 2.45) is 0 Å². The summed E-state index contributed by atoms with van der Waals surface area (Å²) in [5, 5.41) is 21.2. The zero-order chi connectivity index (χ0) is 11.1. The monoisotopic (exact) mass is 209 g/mol. The van der Waals surface area contributed by atoms with Gasteiger partial charge in [0.2, 0.25) is 0 Å². The molecule has 1 fully saturated rings. The molecule has 1 aromatic carbocycles. The standard InChI is InChI=1S/C7H6O3.C4H9N/c8-6-3-1-5(2-4-6)7(9)10;1-2-4-5-3-1/h1-4,8H,(H,9,10);5H,1-4H2. The maximum atomic E-state index is 10.5. The Balaban J connectivity index is 0.000000187. The highest BCUT2D eigenvalue weighted by Gasteiger charge is 1.98. The van der Waals surface area contributed by atoms with Gasteiger partial charge < -0.3 is 15.5 Å². The second kappa shape index (κ2) is 6.03. The van der Waals surface area contributed by atoms with Gasteiger partial charge in [-0.25, -0.2) is 4.79 Å². The van der Waals surface area contributed by atoms with E-state index in [1.165, 1.54) is 50.2 Å². The summed E-state index contributed by atoms with van der Waals surface area (Å²) in [5.41, 5.74) is 0.139. The first-order chi connectivity index (χ1) is 7.20. The minimum absolute atomic E-state index is 0.139. The van der Waals surface area contributed by atoms with Crippen LogP contribution < -0.4 is 10.4 Å².